The number of nitrogens with zero attached hydrogens (tertiary/aromatic N) is 1. The summed E-state index contributed by atoms with van der Waals surface area (Å²) in [6.07, 6.45) is 3.68. The zero-order valence-corrected chi connectivity index (χ0v) is 18.4. The Kier molecular flexibility index (Phi) is 6.96. The van der Waals surface area contributed by atoms with Gasteiger partial charge in [0.1, 0.15) is 0 Å². The molecule has 7 heteroatoms. The summed E-state index contributed by atoms with van der Waals surface area (Å²) in [6, 6.07) is 10.8. The highest BCUT2D eigenvalue weighted by molar-refractivity contribution is 14.1. The van der Waals surface area contributed by atoms with E-state index < -0.39 is 5.97 Å². The van der Waals surface area contributed by atoms with Gasteiger partial charge in [-0.3, -0.25) is 0 Å². The largest absolute Gasteiger partial charge is 0.493 e. The molecule has 0 aromatic heterocycles. The molecular formula is C21H19ClINO4. The monoisotopic (exact) mass is 511 g/mol. The Labute approximate surface area is 182 Å². The second kappa shape index (κ2) is 9.43. The number of cyclic esters (lactones) is 1. The molecule has 2 aromatic rings. The lowest BCUT2D eigenvalue weighted by Crippen LogP contribution is -2.05. The molecule has 3 rings (SSSR count). The third kappa shape index (κ3) is 4.67. The Morgan fingerprint density at radius 2 is 2.07 bits per heavy atom. The van der Waals surface area contributed by atoms with Crippen molar-refractivity contribution in [2.24, 2.45) is 4.99 Å². The van der Waals surface area contributed by atoms with E-state index in [1.807, 2.05) is 18.2 Å². The zero-order chi connectivity index (χ0) is 20.1. The molecule has 0 N–H and O–H groups in total. The highest BCUT2D eigenvalue weighted by atomic mass is 127. The summed E-state index contributed by atoms with van der Waals surface area (Å²) >= 11 is 8.36. The van der Waals surface area contributed by atoms with Gasteiger partial charge in [-0.05, 0) is 64.9 Å². The number of carbonyl (C=O) groups is 1. The van der Waals surface area contributed by atoms with E-state index in [9.17, 15) is 4.79 Å². The van der Waals surface area contributed by atoms with Crippen LogP contribution in [-0.2, 0) is 9.53 Å². The molecule has 0 unspecified atom stereocenters. The standard InChI is InChI=1S/C21H19ClINO4/c1-3-4-9-27-19-16(23)10-13(12-18(19)26-2)11-17-21(25)28-20(24-17)14-7-5-6-8-15(14)22/h5-8,10-12H,3-4,9H2,1-2H3/b17-11-. The number of halogens is 2. The van der Waals surface area contributed by atoms with E-state index in [1.165, 1.54) is 0 Å². The molecule has 1 aliphatic rings. The second-order valence-corrected chi connectivity index (χ2v) is 7.62. The Hall–Kier alpha value is -2.06. The number of ether oxygens (including phenoxy) is 3. The maximum Gasteiger partial charge on any atom is 0.363 e. The second-order valence-electron chi connectivity index (χ2n) is 6.05. The van der Waals surface area contributed by atoms with Gasteiger partial charge in [0, 0.05) is 0 Å². The third-order valence-electron chi connectivity index (χ3n) is 4.02. The number of carbonyl (C=O) groups excluding carboxylic acids is 1. The Morgan fingerprint density at radius 1 is 1.29 bits per heavy atom. The number of hydrogen-bond donors (Lipinski definition) is 0. The molecule has 0 aliphatic carbocycles. The van der Waals surface area contributed by atoms with Crippen LogP contribution in [0.15, 0.2) is 47.1 Å². The summed E-state index contributed by atoms with van der Waals surface area (Å²) in [7, 11) is 1.59. The summed E-state index contributed by atoms with van der Waals surface area (Å²) in [5.41, 5.74) is 1.54. The van der Waals surface area contributed by atoms with Crippen molar-refractivity contribution < 1.29 is 19.0 Å². The maximum atomic E-state index is 12.2. The predicted octanol–water partition coefficient (Wildman–Crippen LogP) is 5.48. The van der Waals surface area contributed by atoms with Crippen LogP contribution < -0.4 is 9.47 Å². The molecule has 1 heterocycles. The number of hydrogen-bond acceptors (Lipinski definition) is 5. The fourth-order valence-electron chi connectivity index (χ4n) is 2.60. The molecule has 5 nitrogen and oxygen atoms in total. The molecule has 0 spiro atoms. The van der Waals surface area contributed by atoms with Crippen molar-refractivity contribution in [2.45, 2.75) is 19.8 Å². The van der Waals surface area contributed by atoms with Gasteiger partial charge in [-0.25, -0.2) is 9.79 Å². The molecule has 28 heavy (non-hydrogen) atoms. The molecule has 146 valence electrons. The van der Waals surface area contributed by atoms with Crippen LogP contribution in [-0.4, -0.2) is 25.6 Å². The van der Waals surface area contributed by atoms with E-state index >= 15 is 0 Å². The summed E-state index contributed by atoms with van der Waals surface area (Å²) in [6.45, 7) is 2.74. The van der Waals surface area contributed by atoms with Gasteiger partial charge < -0.3 is 14.2 Å². The van der Waals surface area contributed by atoms with E-state index in [2.05, 4.69) is 34.5 Å². The van der Waals surface area contributed by atoms with Crippen molar-refractivity contribution in [3.8, 4) is 11.5 Å². The van der Waals surface area contributed by atoms with Crippen LogP contribution in [0.2, 0.25) is 5.02 Å². The lowest BCUT2D eigenvalue weighted by molar-refractivity contribution is -0.129. The number of methoxy groups -OCH3 is 1. The minimum Gasteiger partial charge on any atom is -0.493 e. The van der Waals surface area contributed by atoms with E-state index in [0.717, 1.165) is 22.0 Å². The summed E-state index contributed by atoms with van der Waals surface area (Å²) in [5, 5.41) is 0.472. The fraction of sp³-hybridized carbons (Fsp3) is 0.238. The number of benzene rings is 2. The van der Waals surface area contributed by atoms with Gasteiger partial charge in [0.15, 0.2) is 17.2 Å². The first-order valence-corrected chi connectivity index (χ1v) is 10.3. The van der Waals surface area contributed by atoms with E-state index in [4.69, 9.17) is 25.8 Å². The summed E-state index contributed by atoms with van der Waals surface area (Å²) in [4.78, 5) is 16.6. The van der Waals surface area contributed by atoms with Gasteiger partial charge in [0.05, 0.1) is 27.9 Å². The van der Waals surface area contributed by atoms with Crippen LogP contribution in [0.3, 0.4) is 0 Å². The van der Waals surface area contributed by atoms with E-state index in [1.54, 1.807) is 31.4 Å². The zero-order valence-electron chi connectivity index (χ0n) is 15.5. The van der Waals surface area contributed by atoms with Crippen molar-refractivity contribution in [3.63, 3.8) is 0 Å². The molecular weight excluding hydrogens is 493 g/mol. The van der Waals surface area contributed by atoms with Crippen LogP contribution >= 0.6 is 34.2 Å². The highest BCUT2D eigenvalue weighted by Gasteiger charge is 2.25. The van der Waals surface area contributed by atoms with E-state index in [-0.39, 0.29) is 11.6 Å². The molecule has 0 saturated carbocycles. The Morgan fingerprint density at radius 3 is 2.79 bits per heavy atom. The van der Waals surface area contributed by atoms with Crippen LogP contribution in [0.5, 0.6) is 11.5 Å². The third-order valence-corrected chi connectivity index (χ3v) is 5.16. The number of esters is 1. The number of unbranched alkanes of at least 4 members (excludes halogenated alkanes) is 1. The molecule has 0 atom stereocenters. The normalized spacial score (nSPS) is 14.8. The first kappa shape index (κ1) is 20.7. The van der Waals surface area contributed by atoms with Crippen LogP contribution in [0.1, 0.15) is 30.9 Å². The fourth-order valence-corrected chi connectivity index (χ4v) is 3.60. The molecule has 0 saturated heterocycles. The molecule has 0 amide bonds. The van der Waals surface area contributed by atoms with Crippen molar-refractivity contribution in [1.82, 2.24) is 0 Å². The minimum absolute atomic E-state index is 0.197. The van der Waals surface area contributed by atoms with Crippen molar-refractivity contribution in [1.29, 1.82) is 0 Å². The van der Waals surface area contributed by atoms with Crippen LogP contribution in [0.25, 0.3) is 6.08 Å². The van der Waals surface area contributed by atoms with Gasteiger partial charge in [-0.1, -0.05) is 37.1 Å². The molecule has 0 fully saturated rings. The molecule has 2 aromatic carbocycles. The average Bonchev–Trinajstić information content (AvgIpc) is 3.03. The SMILES string of the molecule is CCCCOc1c(I)cc(/C=C2\N=C(c3ccccc3Cl)OC2=O)cc1OC. The minimum atomic E-state index is -0.521. The van der Waals surface area contributed by atoms with Gasteiger partial charge >= 0.3 is 5.97 Å². The molecule has 0 bridgehead atoms. The van der Waals surface area contributed by atoms with Gasteiger partial charge in [0.25, 0.3) is 0 Å². The lowest BCUT2D eigenvalue weighted by atomic mass is 10.1. The Balaban J connectivity index is 1.91. The Bertz CT molecular complexity index is 955. The maximum absolute atomic E-state index is 12.2. The van der Waals surface area contributed by atoms with Gasteiger partial charge in [0.2, 0.25) is 5.90 Å². The first-order chi connectivity index (χ1) is 13.5. The first-order valence-electron chi connectivity index (χ1n) is 8.81. The van der Waals surface area contributed by atoms with Gasteiger partial charge in [-0.15, -0.1) is 0 Å². The number of rotatable bonds is 7. The van der Waals surface area contributed by atoms with Gasteiger partial charge in [-0.2, -0.15) is 0 Å². The van der Waals surface area contributed by atoms with Crippen molar-refractivity contribution in [2.75, 3.05) is 13.7 Å². The van der Waals surface area contributed by atoms with Crippen molar-refractivity contribution >= 4 is 52.1 Å². The van der Waals surface area contributed by atoms with Crippen LogP contribution in [0.4, 0.5) is 0 Å². The van der Waals surface area contributed by atoms with E-state index in [0.29, 0.717) is 28.7 Å². The van der Waals surface area contributed by atoms with Crippen molar-refractivity contribution in [3.05, 3.63) is 61.8 Å². The number of aliphatic imine (C=N–C) groups is 1. The molecule has 1 aliphatic heterocycles. The predicted molar refractivity (Wildman–Crippen MR) is 118 cm³/mol. The van der Waals surface area contributed by atoms with Crippen LogP contribution in [0, 0.1) is 3.57 Å². The summed E-state index contributed by atoms with van der Waals surface area (Å²) in [5.74, 6) is 0.986. The smallest absolute Gasteiger partial charge is 0.363 e. The topological polar surface area (TPSA) is 57.1 Å². The average molecular weight is 512 g/mol. The quantitative estimate of drug-likeness (QED) is 0.214. The highest BCUT2D eigenvalue weighted by Crippen LogP contribution is 2.35. The lowest BCUT2D eigenvalue weighted by Gasteiger charge is -2.13. The summed E-state index contributed by atoms with van der Waals surface area (Å²) < 4.78 is 17.5. The molecule has 0 radical (unpaired) electrons.